The molecule has 110 valence electrons. The van der Waals surface area contributed by atoms with Gasteiger partial charge in [0.1, 0.15) is 0 Å². The van der Waals surface area contributed by atoms with Gasteiger partial charge >= 0.3 is 5.97 Å². The van der Waals surface area contributed by atoms with Gasteiger partial charge in [-0.3, -0.25) is 4.90 Å². The minimum Gasteiger partial charge on any atom is -0.478 e. The van der Waals surface area contributed by atoms with Crippen molar-refractivity contribution < 1.29 is 9.90 Å². The Labute approximate surface area is 121 Å². The minimum atomic E-state index is -0.854. The molecule has 1 atom stereocenters. The van der Waals surface area contributed by atoms with E-state index >= 15 is 0 Å². The van der Waals surface area contributed by atoms with Gasteiger partial charge < -0.3 is 5.11 Å². The van der Waals surface area contributed by atoms with Crippen molar-refractivity contribution in [3.63, 3.8) is 0 Å². The Kier molecular flexibility index (Phi) is 5.18. The van der Waals surface area contributed by atoms with E-state index in [1.807, 2.05) is 12.1 Å². The number of piperidine rings is 1. The van der Waals surface area contributed by atoms with Crippen LogP contribution in [0.1, 0.15) is 55.5 Å². The number of benzene rings is 1. The molecule has 1 aliphatic heterocycles. The Bertz CT molecular complexity index is 439. The quantitative estimate of drug-likeness (QED) is 0.889. The van der Waals surface area contributed by atoms with E-state index in [4.69, 9.17) is 5.11 Å². The Morgan fingerprint density at radius 3 is 2.60 bits per heavy atom. The van der Waals surface area contributed by atoms with Crippen molar-refractivity contribution in [2.75, 3.05) is 6.54 Å². The van der Waals surface area contributed by atoms with Gasteiger partial charge in [0.05, 0.1) is 5.56 Å². The lowest BCUT2D eigenvalue weighted by atomic mass is 9.93. The second-order valence-electron chi connectivity index (χ2n) is 6.25. The van der Waals surface area contributed by atoms with Gasteiger partial charge in [0.2, 0.25) is 0 Å². The fraction of sp³-hybridized carbons (Fsp3) is 0.588. The summed E-state index contributed by atoms with van der Waals surface area (Å²) in [6.45, 7) is 6.68. The summed E-state index contributed by atoms with van der Waals surface area (Å²) in [5.41, 5.74) is 1.58. The van der Waals surface area contributed by atoms with E-state index in [9.17, 15) is 4.79 Å². The fourth-order valence-corrected chi connectivity index (χ4v) is 3.07. The van der Waals surface area contributed by atoms with Crippen LogP contribution in [-0.4, -0.2) is 28.6 Å². The Hall–Kier alpha value is -1.35. The molecule has 2 rings (SSSR count). The lowest BCUT2D eigenvalue weighted by molar-refractivity contribution is 0.0697. The lowest BCUT2D eigenvalue weighted by Gasteiger charge is -2.36. The zero-order valence-electron chi connectivity index (χ0n) is 12.5. The smallest absolute Gasteiger partial charge is 0.335 e. The molecular weight excluding hydrogens is 250 g/mol. The first-order chi connectivity index (χ1) is 9.56. The maximum atomic E-state index is 10.9. The minimum absolute atomic E-state index is 0.367. The Morgan fingerprint density at radius 1 is 1.30 bits per heavy atom. The number of rotatable bonds is 5. The monoisotopic (exact) mass is 275 g/mol. The zero-order valence-corrected chi connectivity index (χ0v) is 12.5. The number of carbonyl (C=O) groups is 1. The number of carboxylic acids is 1. The van der Waals surface area contributed by atoms with Crippen LogP contribution in [0.25, 0.3) is 0 Å². The van der Waals surface area contributed by atoms with Gasteiger partial charge in [-0.2, -0.15) is 0 Å². The van der Waals surface area contributed by atoms with Crippen LogP contribution in [0.2, 0.25) is 0 Å². The topological polar surface area (TPSA) is 40.5 Å². The van der Waals surface area contributed by atoms with E-state index in [2.05, 4.69) is 18.7 Å². The largest absolute Gasteiger partial charge is 0.478 e. The molecule has 1 saturated heterocycles. The number of likely N-dealkylation sites (tertiary alicyclic amines) is 1. The molecule has 1 aromatic carbocycles. The normalized spacial score (nSPS) is 20.2. The third-order valence-corrected chi connectivity index (χ3v) is 4.08. The molecule has 3 heteroatoms. The summed E-state index contributed by atoms with van der Waals surface area (Å²) >= 11 is 0. The van der Waals surface area contributed by atoms with Gasteiger partial charge in [0.25, 0.3) is 0 Å². The SMILES string of the molecule is CC(C)CC1CCCCN1Cc1ccc(C(=O)O)cc1. The molecular formula is C17H25NO2. The van der Waals surface area contributed by atoms with Crippen LogP contribution in [-0.2, 0) is 6.54 Å². The predicted octanol–water partition coefficient (Wildman–Crippen LogP) is 3.79. The second-order valence-corrected chi connectivity index (χ2v) is 6.25. The number of carboxylic acid groups (broad SMARTS) is 1. The number of hydrogen-bond donors (Lipinski definition) is 1. The second kappa shape index (κ2) is 6.89. The van der Waals surface area contributed by atoms with Crippen LogP contribution in [0, 0.1) is 5.92 Å². The highest BCUT2D eigenvalue weighted by atomic mass is 16.4. The summed E-state index contributed by atoms with van der Waals surface area (Å²) in [5.74, 6) is -0.123. The van der Waals surface area contributed by atoms with E-state index in [0.717, 1.165) is 19.0 Å². The molecule has 1 N–H and O–H groups in total. The highest BCUT2D eigenvalue weighted by Crippen LogP contribution is 2.24. The summed E-state index contributed by atoms with van der Waals surface area (Å²) in [4.78, 5) is 13.4. The lowest BCUT2D eigenvalue weighted by Crippen LogP contribution is -2.39. The summed E-state index contributed by atoms with van der Waals surface area (Å²) in [6.07, 6.45) is 5.17. The molecule has 0 aliphatic carbocycles. The van der Waals surface area contributed by atoms with Gasteiger partial charge in [-0.15, -0.1) is 0 Å². The van der Waals surface area contributed by atoms with Gasteiger partial charge in [-0.05, 0) is 49.4 Å². The van der Waals surface area contributed by atoms with Crippen molar-refractivity contribution >= 4 is 5.97 Å². The number of hydrogen-bond acceptors (Lipinski definition) is 2. The first kappa shape index (κ1) is 15.0. The molecule has 0 spiro atoms. The first-order valence-electron chi connectivity index (χ1n) is 7.62. The first-order valence-corrected chi connectivity index (χ1v) is 7.62. The van der Waals surface area contributed by atoms with Crippen molar-refractivity contribution in [1.82, 2.24) is 4.90 Å². The number of aromatic carboxylic acids is 1. The molecule has 20 heavy (non-hydrogen) atoms. The van der Waals surface area contributed by atoms with E-state index in [0.29, 0.717) is 11.6 Å². The molecule has 0 amide bonds. The zero-order chi connectivity index (χ0) is 14.5. The average Bonchev–Trinajstić information content (AvgIpc) is 2.41. The molecule has 3 nitrogen and oxygen atoms in total. The van der Waals surface area contributed by atoms with E-state index < -0.39 is 5.97 Å². The highest BCUT2D eigenvalue weighted by molar-refractivity contribution is 5.87. The van der Waals surface area contributed by atoms with Crippen LogP contribution >= 0.6 is 0 Å². The number of nitrogens with zero attached hydrogens (tertiary/aromatic N) is 1. The molecule has 0 radical (unpaired) electrons. The maximum absolute atomic E-state index is 10.9. The molecule has 1 fully saturated rings. The van der Waals surface area contributed by atoms with Gasteiger partial charge in [-0.25, -0.2) is 4.79 Å². The molecule has 0 bridgehead atoms. The Balaban J connectivity index is 2.00. The van der Waals surface area contributed by atoms with Crippen LogP contribution in [0.4, 0.5) is 0 Å². The van der Waals surface area contributed by atoms with Gasteiger partial charge in [0, 0.05) is 12.6 Å². The van der Waals surface area contributed by atoms with E-state index in [-0.39, 0.29) is 0 Å². The highest BCUT2D eigenvalue weighted by Gasteiger charge is 2.23. The van der Waals surface area contributed by atoms with Gasteiger partial charge in [-0.1, -0.05) is 32.4 Å². The summed E-state index contributed by atoms with van der Waals surface area (Å²) in [5, 5.41) is 8.93. The molecule has 1 heterocycles. The predicted molar refractivity (Wildman–Crippen MR) is 80.9 cm³/mol. The Morgan fingerprint density at radius 2 is 2.00 bits per heavy atom. The van der Waals surface area contributed by atoms with Crippen molar-refractivity contribution in [3.8, 4) is 0 Å². The van der Waals surface area contributed by atoms with Crippen molar-refractivity contribution in [2.24, 2.45) is 5.92 Å². The van der Waals surface area contributed by atoms with E-state index in [1.165, 1.54) is 31.2 Å². The maximum Gasteiger partial charge on any atom is 0.335 e. The van der Waals surface area contributed by atoms with E-state index in [1.54, 1.807) is 12.1 Å². The summed E-state index contributed by atoms with van der Waals surface area (Å²) in [6, 6.07) is 8.00. The molecule has 0 saturated carbocycles. The van der Waals surface area contributed by atoms with Crippen LogP contribution in [0.15, 0.2) is 24.3 Å². The van der Waals surface area contributed by atoms with Crippen molar-refractivity contribution in [1.29, 1.82) is 0 Å². The molecule has 1 aliphatic rings. The average molecular weight is 275 g/mol. The third-order valence-electron chi connectivity index (χ3n) is 4.08. The van der Waals surface area contributed by atoms with Crippen LogP contribution in [0.5, 0.6) is 0 Å². The standard InChI is InChI=1S/C17H25NO2/c1-13(2)11-16-5-3-4-10-18(16)12-14-6-8-15(9-7-14)17(19)20/h6-9,13,16H,3-5,10-12H2,1-2H3,(H,19,20). The summed E-state index contributed by atoms with van der Waals surface area (Å²) in [7, 11) is 0. The van der Waals surface area contributed by atoms with Crippen LogP contribution in [0.3, 0.4) is 0 Å². The van der Waals surface area contributed by atoms with Crippen LogP contribution < -0.4 is 0 Å². The molecule has 1 unspecified atom stereocenters. The molecule has 0 aromatic heterocycles. The van der Waals surface area contributed by atoms with Crippen molar-refractivity contribution in [2.45, 2.75) is 52.1 Å². The molecule has 1 aromatic rings. The third kappa shape index (κ3) is 4.07. The fourth-order valence-electron chi connectivity index (χ4n) is 3.07. The van der Waals surface area contributed by atoms with Crippen molar-refractivity contribution in [3.05, 3.63) is 35.4 Å². The van der Waals surface area contributed by atoms with Gasteiger partial charge in [0.15, 0.2) is 0 Å². The summed E-state index contributed by atoms with van der Waals surface area (Å²) < 4.78 is 0.